The standard InChI is InChI=1S/C40H44N6O6/c1-3-51-37-31(9-5-23-41-37)39(49)45-25-7-11-33(45)35(47)43-29-19-15-27(16-20-29)13-14-28-17-21-30(22-18-28)44-36(48)34-12-8-26-46(34)40(50)32-10-6-24-42-38(32)52-4-2/h5,9-10,13-23,33-34H,3-4,6-8,11-12,24-26H2,1-2H3,(H,43,47)(H,44,48)/b14-13+/t33-,34-/m0/s1. The number of rotatable bonds is 11. The van der Waals surface area contributed by atoms with E-state index >= 15 is 0 Å². The van der Waals surface area contributed by atoms with E-state index in [0.717, 1.165) is 24.0 Å². The molecule has 0 saturated carbocycles. The highest BCUT2D eigenvalue weighted by atomic mass is 16.5. The molecule has 0 aliphatic carbocycles. The number of amides is 4. The number of carbonyl (C=O) groups is 4. The third-order valence-electron chi connectivity index (χ3n) is 9.21. The maximum atomic E-state index is 13.4. The van der Waals surface area contributed by atoms with Gasteiger partial charge in [0, 0.05) is 37.2 Å². The number of nitrogens with one attached hydrogen (secondary N) is 2. The van der Waals surface area contributed by atoms with Crippen LogP contribution in [0.2, 0.25) is 0 Å². The van der Waals surface area contributed by atoms with Gasteiger partial charge in [0.15, 0.2) is 0 Å². The van der Waals surface area contributed by atoms with Crippen LogP contribution in [0.4, 0.5) is 11.4 Å². The number of likely N-dealkylation sites (tertiary alicyclic amines) is 2. The molecule has 0 bridgehead atoms. The molecule has 3 aromatic rings. The van der Waals surface area contributed by atoms with Crippen molar-refractivity contribution in [2.45, 2.75) is 58.0 Å². The van der Waals surface area contributed by atoms with Crippen LogP contribution in [-0.4, -0.2) is 89.2 Å². The first kappa shape index (κ1) is 36.0. The molecule has 12 nitrogen and oxygen atoms in total. The van der Waals surface area contributed by atoms with Gasteiger partial charge in [0.2, 0.25) is 23.6 Å². The molecule has 2 fully saturated rings. The zero-order valence-corrected chi connectivity index (χ0v) is 29.5. The number of aliphatic imine (C=N–C) groups is 1. The van der Waals surface area contributed by atoms with Crippen LogP contribution in [-0.2, 0) is 19.1 Å². The molecule has 0 spiro atoms. The quantitative estimate of drug-likeness (QED) is 0.248. The number of anilines is 2. The van der Waals surface area contributed by atoms with Crippen LogP contribution < -0.4 is 15.4 Å². The summed E-state index contributed by atoms with van der Waals surface area (Å²) in [6, 6.07) is 17.2. The van der Waals surface area contributed by atoms with Crippen molar-refractivity contribution in [1.82, 2.24) is 14.8 Å². The van der Waals surface area contributed by atoms with E-state index in [0.29, 0.717) is 80.5 Å². The van der Waals surface area contributed by atoms with Crippen LogP contribution in [0.15, 0.2) is 83.5 Å². The summed E-state index contributed by atoms with van der Waals surface area (Å²) in [5.41, 5.74) is 3.94. The van der Waals surface area contributed by atoms with Crippen LogP contribution in [0.1, 0.15) is 67.4 Å². The SMILES string of the molecule is CCOC1=NCCC=C1C(=O)N1CCC[C@H]1C(=O)Nc1ccc(/C=C/c2ccc(NC(=O)[C@@H]3CCCN3C(=O)c3cccnc3OCC)cc2)cc1. The maximum Gasteiger partial charge on any atom is 0.260 e. The Hall–Kier alpha value is -5.78. The summed E-state index contributed by atoms with van der Waals surface area (Å²) in [6.07, 6.45) is 10.7. The van der Waals surface area contributed by atoms with Crippen molar-refractivity contribution in [3.05, 3.63) is 95.2 Å². The molecule has 6 rings (SSSR count). The normalized spacial score (nSPS) is 18.5. The summed E-state index contributed by atoms with van der Waals surface area (Å²) < 4.78 is 11.1. The van der Waals surface area contributed by atoms with Crippen molar-refractivity contribution >= 4 is 53.1 Å². The average molecular weight is 705 g/mol. The first-order chi connectivity index (χ1) is 25.4. The number of hydrogen-bond donors (Lipinski definition) is 2. The topological polar surface area (TPSA) is 143 Å². The van der Waals surface area contributed by atoms with Crippen molar-refractivity contribution in [3.8, 4) is 5.88 Å². The lowest BCUT2D eigenvalue weighted by molar-refractivity contribution is -0.133. The number of nitrogens with zero attached hydrogens (tertiary/aromatic N) is 4. The Morgan fingerprint density at radius 3 is 1.88 bits per heavy atom. The Bertz CT molecular complexity index is 1870. The van der Waals surface area contributed by atoms with Gasteiger partial charge in [-0.3, -0.25) is 24.2 Å². The molecule has 2 saturated heterocycles. The highest BCUT2D eigenvalue weighted by Gasteiger charge is 2.38. The summed E-state index contributed by atoms with van der Waals surface area (Å²) in [5.74, 6) is -0.306. The van der Waals surface area contributed by atoms with E-state index in [1.165, 1.54) is 0 Å². The minimum Gasteiger partial charge on any atom is -0.478 e. The van der Waals surface area contributed by atoms with E-state index in [2.05, 4.69) is 20.6 Å². The highest BCUT2D eigenvalue weighted by Crippen LogP contribution is 2.26. The summed E-state index contributed by atoms with van der Waals surface area (Å²) in [5, 5.41) is 5.93. The van der Waals surface area contributed by atoms with Gasteiger partial charge in [-0.2, -0.15) is 0 Å². The molecule has 3 aliphatic rings. The van der Waals surface area contributed by atoms with Crippen LogP contribution in [0.25, 0.3) is 12.2 Å². The Kier molecular flexibility index (Phi) is 11.7. The van der Waals surface area contributed by atoms with E-state index in [4.69, 9.17) is 9.47 Å². The zero-order chi connectivity index (χ0) is 36.5. The zero-order valence-electron chi connectivity index (χ0n) is 29.5. The number of aromatic nitrogens is 1. The van der Waals surface area contributed by atoms with Crippen LogP contribution in [0.3, 0.4) is 0 Å². The van der Waals surface area contributed by atoms with Gasteiger partial charge in [0.1, 0.15) is 17.6 Å². The lowest BCUT2D eigenvalue weighted by atomic mass is 10.1. The van der Waals surface area contributed by atoms with Gasteiger partial charge in [-0.15, -0.1) is 0 Å². The molecule has 3 aliphatic heterocycles. The number of pyridine rings is 1. The van der Waals surface area contributed by atoms with Crippen molar-refractivity contribution in [2.75, 3.05) is 43.5 Å². The molecule has 0 unspecified atom stereocenters. The molecule has 4 amide bonds. The van der Waals surface area contributed by atoms with E-state index in [9.17, 15) is 19.2 Å². The maximum absolute atomic E-state index is 13.4. The predicted molar refractivity (Wildman–Crippen MR) is 200 cm³/mol. The lowest BCUT2D eigenvalue weighted by Crippen LogP contribution is -2.45. The van der Waals surface area contributed by atoms with E-state index < -0.39 is 12.1 Å². The summed E-state index contributed by atoms with van der Waals surface area (Å²) in [6.45, 7) is 6.07. The number of hydrogen-bond acceptors (Lipinski definition) is 8. The van der Waals surface area contributed by atoms with Gasteiger partial charge in [-0.1, -0.05) is 42.5 Å². The lowest BCUT2D eigenvalue weighted by Gasteiger charge is -2.26. The van der Waals surface area contributed by atoms with Crippen LogP contribution in [0, 0.1) is 0 Å². The molecule has 12 heteroatoms. The molecule has 270 valence electrons. The van der Waals surface area contributed by atoms with E-state index in [-0.39, 0.29) is 29.5 Å². The van der Waals surface area contributed by atoms with Gasteiger partial charge < -0.3 is 29.9 Å². The second kappa shape index (κ2) is 17.0. The Morgan fingerprint density at radius 1 is 0.769 bits per heavy atom. The van der Waals surface area contributed by atoms with Crippen LogP contribution in [0.5, 0.6) is 5.88 Å². The highest BCUT2D eigenvalue weighted by molar-refractivity contribution is 6.19. The van der Waals surface area contributed by atoms with Crippen molar-refractivity contribution in [3.63, 3.8) is 0 Å². The van der Waals surface area contributed by atoms with E-state index in [1.54, 1.807) is 28.1 Å². The second-order valence-corrected chi connectivity index (χ2v) is 12.7. The van der Waals surface area contributed by atoms with Gasteiger partial charge in [0.25, 0.3) is 11.8 Å². The van der Waals surface area contributed by atoms with E-state index in [1.807, 2.05) is 80.6 Å². The fraction of sp³-hybridized carbons (Fsp3) is 0.350. The smallest absolute Gasteiger partial charge is 0.260 e. The molecule has 2 atom stereocenters. The van der Waals surface area contributed by atoms with Crippen molar-refractivity contribution in [2.24, 2.45) is 4.99 Å². The number of ether oxygens (including phenoxy) is 2. The van der Waals surface area contributed by atoms with Crippen molar-refractivity contribution in [1.29, 1.82) is 0 Å². The fourth-order valence-electron chi connectivity index (χ4n) is 6.66. The predicted octanol–water partition coefficient (Wildman–Crippen LogP) is 5.59. The van der Waals surface area contributed by atoms with Gasteiger partial charge in [-0.25, -0.2) is 4.98 Å². The van der Waals surface area contributed by atoms with Gasteiger partial charge in [0.05, 0.1) is 18.8 Å². The first-order valence-corrected chi connectivity index (χ1v) is 17.9. The molecule has 2 N–H and O–H groups in total. The molecule has 4 heterocycles. The number of dihydropyridines is 1. The minimum absolute atomic E-state index is 0.217. The third kappa shape index (κ3) is 8.39. The molecule has 1 aromatic heterocycles. The van der Waals surface area contributed by atoms with Crippen LogP contribution >= 0.6 is 0 Å². The Morgan fingerprint density at radius 2 is 1.33 bits per heavy atom. The molecule has 2 aromatic carbocycles. The largest absolute Gasteiger partial charge is 0.478 e. The molecular weight excluding hydrogens is 660 g/mol. The molecular formula is C40H44N6O6. The molecule has 52 heavy (non-hydrogen) atoms. The monoisotopic (exact) mass is 704 g/mol. The fourth-order valence-corrected chi connectivity index (χ4v) is 6.66. The summed E-state index contributed by atoms with van der Waals surface area (Å²) >= 11 is 0. The number of carbonyl (C=O) groups excluding carboxylic acids is 4. The first-order valence-electron chi connectivity index (χ1n) is 17.9. The Labute approximate surface area is 303 Å². The average Bonchev–Trinajstić information content (AvgIpc) is 3.87. The third-order valence-corrected chi connectivity index (χ3v) is 9.21. The van der Waals surface area contributed by atoms with Gasteiger partial charge >= 0.3 is 0 Å². The summed E-state index contributed by atoms with van der Waals surface area (Å²) in [4.78, 5) is 65.0. The minimum atomic E-state index is -0.586. The van der Waals surface area contributed by atoms with Crippen molar-refractivity contribution < 1.29 is 28.7 Å². The Balaban J connectivity index is 1.01. The molecule has 0 radical (unpaired) electrons. The van der Waals surface area contributed by atoms with Gasteiger partial charge in [-0.05, 0) is 93.5 Å². The number of benzene rings is 2. The second-order valence-electron chi connectivity index (χ2n) is 12.7. The summed E-state index contributed by atoms with van der Waals surface area (Å²) in [7, 11) is 0.